The highest BCUT2D eigenvalue weighted by molar-refractivity contribution is 7.99. The summed E-state index contributed by atoms with van der Waals surface area (Å²) in [6.45, 7) is 3.95. The van der Waals surface area contributed by atoms with Crippen molar-refractivity contribution in [2.24, 2.45) is 5.73 Å². The SMILES string of the molecule is CN1CCN(c2ncc(Sc3cccc(NC(N)=O)c3)c(OCc3ccc(CO)cc3)n2)CC1. The van der Waals surface area contributed by atoms with Crippen LogP contribution in [0.2, 0.25) is 0 Å². The van der Waals surface area contributed by atoms with Crippen molar-refractivity contribution in [2.75, 3.05) is 43.4 Å². The Morgan fingerprint density at radius 3 is 2.59 bits per heavy atom. The maximum Gasteiger partial charge on any atom is 0.316 e. The maximum atomic E-state index is 11.2. The van der Waals surface area contributed by atoms with Gasteiger partial charge in [-0.25, -0.2) is 9.78 Å². The lowest BCUT2D eigenvalue weighted by molar-refractivity contribution is 0.259. The number of aromatic nitrogens is 2. The van der Waals surface area contributed by atoms with Crippen LogP contribution in [0.15, 0.2) is 64.5 Å². The van der Waals surface area contributed by atoms with Gasteiger partial charge in [-0.05, 0) is 36.4 Å². The molecule has 0 saturated carbocycles. The zero-order valence-electron chi connectivity index (χ0n) is 19.0. The molecule has 0 aliphatic carbocycles. The summed E-state index contributed by atoms with van der Waals surface area (Å²) in [7, 11) is 2.11. The second-order valence-electron chi connectivity index (χ2n) is 8.01. The van der Waals surface area contributed by atoms with E-state index in [2.05, 4.69) is 27.1 Å². The number of aliphatic hydroxyl groups is 1. The number of hydrogen-bond donors (Lipinski definition) is 3. The number of piperazine rings is 1. The van der Waals surface area contributed by atoms with E-state index in [1.54, 1.807) is 12.3 Å². The molecule has 178 valence electrons. The summed E-state index contributed by atoms with van der Waals surface area (Å²) >= 11 is 1.45. The largest absolute Gasteiger partial charge is 0.472 e. The number of benzene rings is 2. The Hall–Kier alpha value is -3.34. The Labute approximate surface area is 203 Å². The fourth-order valence-electron chi connectivity index (χ4n) is 3.48. The second kappa shape index (κ2) is 11.2. The minimum Gasteiger partial charge on any atom is -0.472 e. The van der Waals surface area contributed by atoms with Crippen LogP contribution in [-0.4, -0.2) is 59.2 Å². The quantitative estimate of drug-likeness (QED) is 0.451. The summed E-state index contributed by atoms with van der Waals surface area (Å²) in [4.78, 5) is 26.7. The van der Waals surface area contributed by atoms with Crippen molar-refractivity contribution in [2.45, 2.75) is 23.0 Å². The average molecular weight is 481 g/mol. The zero-order chi connectivity index (χ0) is 23.9. The molecule has 1 saturated heterocycles. The fraction of sp³-hybridized carbons (Fsp3) is 0.292. The molecule has 1 aromatic heterocycles. The molecule has 0 bridgehead atoms. The van der Waals surface area contributed by atoms with Gasteiger partial charge in [-0.3, -0.25) is 0 Å². The van der Waals surface area contributed by atoms with Crippen LogP contribution in [0.25, 0.3) is 0 Å². The van der Waals surface area contributed by atoms with Crippen LogP contribution < -0.4 is 20.7 Å². The highest BCUT2D eigenvalue weighted by atomic mass is 32.2. The molecule has 34 heavy (non-hydrogen) atoms. The molecule has 4 rings (SSSR count). The van der Waals surface area contributed by atoms with E-state index >= 15 is 0 Å². The van der Waals surface area contributed by atoms with Crippen molar-refractivity contribution in [1.29, 1.82) is 0 Å². The topological polar surface area (TPSA) is 117 Å². The minimum absolute atomic E-state index is 0.00585. The molecule has 2 heterocycles. The first-order valence-corrected chi connectivity index (χ1v) is 11.8. The molecule has 1 aliphatic rings. The maximum absolute atomic E-state index is 11.2. The Kier molecular flexibility index (Phi) is 7.84. The molecule has 0 unspecified atom stereocenters. The molecular weight excluding hydrogens is 452 g/mol. The number of nitrogens with one attached hydrogen (secondary N) is 1. The van der Waals surface area contributed by atoms with Gasteiger partial charge in [0.05, 0.1) is 17.7 Å². The van der Waals surface area contributed by atoms with Crippen LogP contribution in [0.1, 0.15) is 11.1 Å². The van der Waals surface area contributed by atoms with E-state index in [9.17, 15) is 9.90 Å². The van der Waals surface area contributed by atoms with Crippen molar-refractivity contribution in [1.82, 2.24) is 14.9 Å². The van der Waals surface area contributed by atoms with Crippen LogP contribution in [-0.2, 0) is 13.2 Å². The summed E-state index contributed by atoms with van der Waals surface area (Å²) in [6, 6.07) is 14.4. The van der Waals surface area contributed by atoms with Crippen LogP contribution >= 0.6 is 11.8 Å². The number of anilines is 2. The number of urea groups is 1. The van der Waals surface area contributed by atoms with Gasteiger partial charge in [0.1, 0.15) is 6.61 Å². The van der Waals surface area contributed by atoms with Gasteiger partial charge in [-0.1, -0.05) is 42.1 Å². The third kappa shape index (κ3) is 6.37. The monoisotopic (exact) mass is 480 g/mol. The third-order valence-electron chi connectivity index (χ3n) is 5.41. The molecule has 1 aliphatic heterocycles. The number of hydrogen-bond acceptors (Lipinski definition) is 8. The lowest BCUT2D eigenvalue weighted by Gasteiger charge is -2.32. The number of aliphatic hydroxyl groups excluding tert-OH is 1. The van der Waals surface area contributed by atoms with Gasteiger partial charge >= 0.3 is 6.03 Å². The number of primary amides is 1. The fourth-order valence-corrected chi connectivity index (χ4v) is 4.36. The lowest BCUT2D eigenvalue weighted by Crippen LogP contribution is -2.45. The molecule has 0 atom stereocenters. The number of ether oxygens (including phenoxy) is 1. The molecule has 0 spiro atoms. The van der Waals surface area contributed by atoms with Crippen LogP contribution in [0.5, 0.6) is 5.88 Å². The summed E-state index contributed by atoms with van der Waals surface area (Å²) < 4.78 is 6.16. The van der Waals surface area contributed by atoms with Gasteiger partial charge < -0.3 is 30.7 Å². The molecule has 3 aromatic rings. The molecule has 10 heteroatoms. The molecular formula is C24H28N6O3S. The van der Waals surface area contributed by atoms with E-state index in [-0.39, 0.29) is 6.61 Å². The van der Waals surface area contributed by atoms with Gasteiger partial charge in [0.25, 0.3) is 0 Å². The zero-order valence-corrected chi connectivity index (χ0v) is 19.8. The smallest absolute Gasteiger partial charge is 0.316 e. The van der Waals surface area contributed by atoms with Crippen molar-refractivity contribution in [3.05, 3.63) is 65.9 Å². The average Bonchev–Trinajstić information content (AvgIpc) is 2.84. The van der Waals surface area contributed by atoms with E-state index in [1.807, 2.05) is 42.5 Å². The highest BCUT2D eigenvalue weighted by Gasteiger charge is 2.19. The van der Waals surface area contributed by atoms with Crippen LogP contribution in [0.3, 0.4) is 0 Å². The number of carbonyl (C=O) groups excluding carboxylic acids is 1. The number of amides is 2. The van der Waals surface area contributed by atoms with Gasteiger partial charge in [-0.2, -0.15) is 4.98 Å². The minimum atomic E-state index is -0.613. The Morgan fingerprint density at radius 2 is 1.88 bits per heavy atom. The van der Waals surface area contributed by atoms with Crippen molar-refractivity contribution >= 4 is 29.4 Å². The number of nitrogens with zero attached hydrogens (tertiary/aromatic N) is 4. The molecule has 0 radical (unpaired) electrons. The first-order chi connectivity index (χ1) is 16.5. The third-order valence-corrected chi connectivity index (χ3v) is 6.40. The second-order valence-corrected chi connectivity index (χ2v) is 9.13. The van der Waals surface area contributed by atoms with E-state index in [4.69, 9.17) is 15.5 Å². The van der Waals surface area contributed by atoms with Gasteiger partial charge in [-0.15, -0.1) is 0 Å². The predicted octanol–water partition coefficient (Wildman–Crippen LogP) is 2.94. The number of carbonyl (C=O) groups is 1. The van der Waals surface area contributed by atoms with Gasteiger partial charge in [0, 0.05) is 36.8 Å². The molecule has 2 aromatic carbocycles. The molecule has 2 amide bonds. The molecule has 9 nitrogen and oxygen atoms in total. The normalized spacial score (nSPS) is 14.1. The standard InChI is InChI=1S/C24H28N6O3S/c1-29-9-11-30(12-10-29)24-26-14-21(34-20-4-2-3-19(13-20)27-23(25)32)22(28-24)33-16-18-7-5-17(15-31)6-8-18/h2-8,13-14,31H,9-12,15-16H2,1H3,(H3,25,27,32). The summed E-state index contributed by atoms with van der Waals surface area (Å²) in [6.07, 6.45) is 1.78. The van der Waals surface area contributed by atoms with Crippen molar-refractivity contribution < 1.29 is 14.6 Å². The Balaban J connectivity index is 1.56. The summed E-state index contributed by atoms with van der Waals surface area (Å²) in [5, 5.41) is 11.9. The highest BCUT2D eigenvalue weighted by Crippen LogP contribution is 2.35. The number of likely N-dealkylation sites (N-methyl/N-ethyl adjacent to an activating group) is 1. The van der Waals surface area contributed by atoms with E-state index < -0.39 is 6.03 Å². The van der Waals surface area contributed by atoms with Gasteiger partial charge in [0.15, 0.2) is 0 Å². The first kappa shape index (κ1) is 23.8. The first-order valence-electron chi connectivity index (χ1n) is 11.0. The van der Waals surface area contributed by atoms with E-state index in [0.717, 1.165) is 47.1 Å². The van der Waals surface area contributed by atoms with E-state index in [1.165, 1.54) is 11.8 Å². The number of nitrogens with two attached hydrogens (primary N) is 1. The van der Waals surface area contributed by atoms with Crippen LogP contribution in [0.4, 0.5) is 16.4 Å². The van der Waals surface area contributed by atoms with Crippen molar-refractivity contribution in [3.63, 3.8) is 0 Å². The molecule has 1 fully saturated rings. The van der Waals surface area contributed by atoms with Gasteiger partial charge in [0.2, 0.25) is 11.8 Å². The van der Waals surface area contributed by atoms with Crippen molar-refractivity contribution in [3.8, 4) is 5.88 Å². The van der Waals surface area contributed by atoms with E-state index in [0.29, 0.717) is 24.1 Å². The predicted molar refractivity (Wildman–Crippen MR) is 132 cm³/mol. The summed E-state index contributed by atoms with van der Waals surface area (Å²) in [5.74, 6) is 1.14. The summed E-state index contributed by atoms with van der Waals surface area (Å²) in [5.41, 5.74) is 7.68. The van der Waals surface area contributed by atoms with Crippen LogP contribution in [0, 0.1) is 0 Å². The Bertz CT molecular complexity index is 1120. The molecule has 4 N–H and O–H groups in total. The Morgan fingerprint density at radius 1 is 1.15 bits per heavy atom. The lowest BCUT2D eigenvalue weighted by atomic mass is 10.1. The number of rotatable bonds is 8.